The molecule has 15 heteroatoms. The van der Waals surface area contributed by atoms with Crippen LogP contribution in [-0.4, -0.2) is 110 Å². The zero-order chi connectivity index (χ0) is 45.9. The number of hydrogen-bond donors (Lipinski definition) is 7. The van der Waals surface area contributed by atoms with E-state index in [1.54, 1.807) is 12.2 Å². The number of carbonyl (C=O) groups excluding carboxylic acids is 2. The van der Waals surface area contributed by atoms with Gasteiger partial charge >= 0.3 is 19.8 Å². The van der Waals surface area contributed by atoms with Gasteiger partial charge in [-0.25, -0.2) is 4.57 Å². The van der Waals surface area contributed by atoms with Crippen LogP contribution in [0.2, 0.25) is 0 Å². The molecule has 62 heavy (non-hydrogen) atoms. The molecule has 0 aromatic rings. The molecule has 0 saturated heterocycles. The first-order chi connectivity index (χ1) is 29.8. The van der Waals surface area contributed by atoms with E-state index in [4.69, 9.17) is 18.5 Å². The molecule has 1 fully saturated rings. The first kappa shape index (κ1) is 57.3. The van der Waals surface area contributed by atoms with Crippen LogP contribution < -0.4 is 0 Å². The minimum absolute atomic E-state index is 0.0526. The Balaban J connectivity index is 2.54. The highest BCUT2D eigenvalue weighted by atomic mass is 31.2. The van der Waals surface area contributed by atoms with E-state index in [0.717, 1.165) is 64.2 Å². The fourth-order valence-electron chi connectivity index (χ4n) is 6.40. The Bertz CT molecular complexity index is 1380. The van der Waals surface area contributed by atoms with Crippen molar-refractivity contribution >= 4 is 19.8 Å². The third-order valence-electron chi connectivity index (χ3n) is 10.1. The Kier molecular flexibility index (Phi) is 33.8. The first-order valence-electron chi connectivity index (χ1n) is 22.8. The highest BCUT2D eigenvalue weighted by Gasteiger charge is 2.51. The third-order valence-corrected chi connectivity index (χ3v) is 11.1. The summed E-state index contributed by atoms with van der Waals surface area (Å²) in [6, 6.07) is 0. The van der Waals surface area contributed by atoms with Crippen LogP contribution in [0.25, 0.3) is 0 Å². The van der Waals surface area contributed by atoms with Crippen molar-refractivity contribution in [1.82, 2.24) is 0 Å². The van der Waals surface area contributed by atoms with Crippen molar-refractivity contribution in [3.63, 3.8) is 0 Å². The molecule has 356 valence electrons. The van der Waals surface area contributed by atoms with Crippen LogP contribution in [-0.2, 0) is 32.7 Å². The highest BCUT2D eigenvalue weighted by Crippen LogP contribution is 2.47. The molecule has 1 rings (SSSR count). The molecule has 4 unspecified atom stereocenters. The van der Waals surface area contributed by atoms with E-state index in [2.05, 4.69) is 38.2 Å². The molecule has 0 heterocycles. The van der Waals surface area contributed by atoms with Crippen molar-refractivity contribution in [2.24, 2.45) is 0 Å². The van der Waals surface area contributed by atoms with Gasteiger partial charge in [-0.2, -0.15) is 0 Å². The summed E-state index contributed by atoms with van der Waals surface area (Å²) in [4.78, 5) is 35.7. The number of unbranched alkanes of at least 4 members (excludes halogenated alkanes) is 12. The molecular formula is C47H79O14P. The lowest BCUT2D eigenvalue weighted by Crippen LogP contribution is -2.64. The number of phosphoric acid groups is 1. The summed E-state index contributed by atoms with van der Waals surface area (Å²) < 4.78 is 33.4. The van der Waals surface area contributed by atoms with E-state index < -0.39 is 81.8 Å². The van der Waals surface area contributed by atoms with Gasteiger partial charge in [-0.3, -0.25) is 18.6 Å². The first-order valence-corrected chi connectivity index (χ1v) is 24.3. The van der Waals surface area contributed by atoms with Gasteiger partial charge in [0.05, 0.1) is 12.7 Å². The summed E-state index contributed by atoms with van der Waals surface area (Å²) in [6.07, 6.45) is 28.4. The zero-order valence-electron chi connectivity index (χ0n) is 37.2. The summed E-state index contributed by atoms with van der Waals surface area (Å²) in [7, 11) is -5.15. The molecule has 1 aliphatic rings. The average molecular weight is 899 g/mol. The molecule has 0 radical (unpaired) electrons. The Morgan fingerprint density at radius 1 is 0.597 bits per heavy atom. The van der Waals surface area contributed by atoms with Gasteiger partial charge in [0.15, 0.2) is 6.10 Å². The number of carbonyl (C=O) groups is 2. The number of rotatable bonds is 36. The van der Waals surface area contributed by atoms with E-state index in [1.807, 2.05) is 36.5 Å². The topological polar surface area (TPSA) is 230 Å². The summed E-state index contributed by atoms with van der Waals surface area (Å²) in [5, 5.41) is 60.1. The Morgan fingerprint density at radius 3 is 1.79 bits per heavy atom. The maximum atomic E-state index is 12.8. The lowest BCUT2D eigenvalue weighted by Gasteiger charge is -2.41. The molecule has 0 amide bonds. The Morgan fingerprint density at radius 2 is 1.13 bits per heavy atom. The van der Waals surface area contributed by atoms with Crippen molar-refractivity contribution in [3.8, 4) is 0 Å². The van der Waals surface area contributed by atoms with E-state index in [-0.39, 0.29) is 12.8 Å². The maximum Gasteiger partial charge on any atom is 0.472 e. The SMILES string of the molecule is CC/C=C\C/C=C\CC(O)/C=C/C=C\C/C=C\CCCC(=O)OC[C@H](COP(=O)(O)OC1[C@H](O)[C@H](O)C(O)[C@H](O)[C@H]1O)OC(=O)CCCCCCCCC/C=C\CCCCCC. The van der Waals surface area contributed by atoms with Crippen LogP contribution in [0.15, 0.2) is 72.9 Å². The van der Waals surface area contributed by atoms with Gasteiger partial charge in [0.1, 0.15) is 43.2 Å². The van der Waals surface area contributed by atoms with E-state index in [1.165, 1.54) is 25.7 Å². The molecule has 0 aromatic heterocycles. The number of aliphatic hydroxyl groups excluding tert-OH is 6. The van der Waals surface area contributed by atoms with Crippen molar-refractivity contribution < 1.29 is 68.2 Å². The van der Waals surface area contributed by atoms with E-state index in [9.17, 15) is 49.7 Å². The van der Waals surface area contributed by atoms with E-state index >= 15 is 0 Å². The summed E-state index contributed by atoms with van der Waals surface area (Å²) in [5.74, 6) is -1.22. The monoisotopic (exact) mass is 899 g/mol. The Hall–Kier alpha value is -2.75. The zero-order valence-corrected chi connectivity index (χ0v) is 38.1. The molecule has 0 aromatic carbocycles. The van der Waals surface area contributed by atoms with Crippen LogP contribution in [0, 0.1) is 0 Å². The van der Waals surface area contributed by atoms with Gasteiger partial charge in [-0.1, -0.05) is 138 Å². The van der Waals surface area contributed by atoms with Gasteiger partial charge in [-0.15, -0.1) is 0 Å². The summed E-state index contributed by atoms with van der Waals surface area (Å²) in [5.41, 5.74) is 0. The number of hydrogen-bond acceptors (Lipinski definition) is 13. The van der Waals surface area contributed by atoms with Crippen molar-refractivity contribution in [1.29, 1.82) is 0 Å². The number of phosphoric ester groups is 1. The predicted molar refractivity (Wildman–Crippen MR) is 241 cm³/mol. The number of esters is 2. The van der Waals surface area contributed by atoms with Gasteiger partial charge in [0.25, 0.3) is 0 Å². The molecule has 0 spiro atoms. The quantitative estimate of drug-likeness (QED) is 0.0105. The molecule has 14 nitrogen and oxygen atoms in total. The number of ether oxygens (including phenoxy) is 2. The van der Waals surface area contributed by atoms with Crippen molar-refractivity contribution in [2.45, 2.75) is 198 Å². The summed E-state index contributed by atoms with van der Waals surface area (Å²) in [6.45, 7) is 3.03. The van der Waals surface area contributed by atoms with Gasteiger partial charge in [0.2, 0.25) is 0 Å². The second-order valence-electron chi connectivity index (χ2n) is 15.7. The van der Waals surface area contributed by atoms with Gasteiger partial charge < -0.3 is 45.0 Å². The van der Waals surface area contributed by atoms with Crippen LogP contribution in [0.3, 0.4) is 0 Å². The standard InChI is InChI=1S/C47H79O14P/c1-3-5-7-9-11-12-13-14-15-16-17-18-23-27-31-35-41(50)60-39(37-59-62(56,57)61-47-45(54)43(52)42(51)44(53)46(47)55)36-58-40(49)34-30-26-22-20-19-21-25-29-33-38(48)32-28-24-10-8-6-4-2/h6,8,12-13,20-22,24-25,28-29,33,38-39,42-48,51-55H,3-5,7,9-11,14-19,23,26-27,30-32,34-37H2,1-2H3,(H,56,57)/b8-6-,13-12-,22-20-,25-21-,28-24-,33-29+/t38?,39-,42?,43-,44+,45-,46-,47?/m1/s1. The molecule has 1 saturated carbocycles. The van der Waals surface area contributed by atoms with Crippen LogP contribution in [0.4, 0.5) is 0 Å². The fourth-order valence-corrected chi connectivity index (χ4v) is 7.37. The minimum Gasteiger partial charge on any atom is -0.462 e. The number of allylic oxidation sites excluding steroid dienone is 10. The van der Waals surface area contributed by atoms with Crippen molar-refractivity contribution in [3.05, 3.63) is 72.9 Å². The van der Waals surface area contributed by atoms with Crippen LogP contribution >= 0.6 is 7.82 Å². The molecule has 7 N–H and O–H groups in total. The molecule has 9 atom stereocenters. The lowest BCUT2D eigenvalue weighted by molar-refractivity contribution is -0.220. The second-order valence-corrected chi connectivity index (χ2v) is 17.1. The lowest BCUT2D eigenvalue weighted by atomic mass is 9.85. The summed E-state index contributed by atoms with van der Waals surface area (Å²) >= 11 is 0. The minimum atomic E-state index is -5.15. The van der Waals surface area contributed by atoms with Gasteiger partial charge in [0, 0.05) is 12.8 Å². The predicted octanol–water partition coefficient (Wildman–Crippen LogP) is 7.69. The van der Waals surface area contributed by atoms with Gasteiger partial charge in [-0.05, 0) is 70.6 Å². The molecular weight excluding hydrogens is 819 g/mol. The third kappa shape index (κ3) is 28.8. The maximum absolute atomic E-state index is 12.8. The molecule has 0 aliphatic heterocycles. The van der Waals surface area contributed by atoms with Crippen LogP contribution in [0.1, 0.15) is 149 Å². The normalized spacial score (nSPS) is 23.0. The Labute approximate surface area is 370 Å². The second kappa shape index (κ2) is 36.6. The highest BCUT2D eigenvalue weighted by molar-refractivity contribution is 7.47. The van der Waals surface area contributed by atoms with Crippen LogP contribution in [0.5, 0.6) is 0 Å². The molecule has 0 bridgehead atoms. The van der Waals surface area contributed by atoms with E-state index in [0.29, 0.717) is 32.1 Å². The smallest absolute Gasteiger partial charge is 0.462 e. The average Bonchev–Trinajstić information content (AvgIpc) is 3.25. The van der Waals surface area contributed by atoms with Crippen molar-refractivity contribution in [2.75, 3.05) is 13.2 Å². The fraction of sp³-hybridized carbons (Fsp3) is 0.702. The number of aliphatic hydroxyl groups is 6. The molecule has 1 aliphatic carbocycles. The largest absolute Gasteiger partial charge is 0.472 e.